The number of benzene rings is 1. The van der Waals surface area contributed by atoms with E-state index < -0.39 is 29.1 Å². The Morgan fingerprint density at radius 1 is 1.19 bits per heavy atom. The maximum absolute atomic E-state index is 15.2. The van der Waals surface area contributed by atoms with Crippen LogP contribution >= 0.6 is 11.3 Å². The molecule has 1 atom stereocenters. The number of hydrogen-bond acceptors (Lipinski definition) is 7. The summed E-state index contributed by atoms with van der Waals surface area (Å²) in [6.07, 6.45) is 3.46. The molecule has 1 aliphatic heterocycles. The molecule has 4 aromatic rings. The SMILES string of the molecule is COc1cc(OC)c(F)c(N2Cc3cnc4[nH]ncc4c3C(Cc3cscn3)C2=O)c1F. The largest absolute Gasteiger partial charge is 0.493 e. The number of ether oxygens (including phenoxy) is 2. The van der Waals surface area contributed by atoms with Gasteiger partial charge < -0.3 is 14.4 Å². The highest BCUT2D eigenvalue weighted by Gasteiger charge is 2.39. The van der Waals surface area contributed by atoms with Crippen LogP contribution in [0.2, 0.25) is 0 Å². The van der Waals surface area contributed by atoms with Gasteiger partial charge >= 0.3 is 0 Å². The second-order valence-corrected chi connectivity index (χ2v) is 7.97. The number of halogens is 2. The van der Waals surface area contributed by atoms with Gasteiger partial charge in [-0.3, -0.25) is 9.89 Å². The molecule has 0 radical (unpaired) electrons. The normalized spacial score (nSPS) is 15.8. The third kappa shape index (κ3) is 3.08. The average Bonchev–Trinajstić information content (AvgIpc) is 3.48. The summed E-state index contributed by atoms with van der Waals surface area (Å²) in [5, 5.41) is 9.38. The van der Waals surface area contributed by atoms with Gasteiger partial charge in [-0.25, -0.2) is 18.7 Å². The maximum atomic E-state index is 15.2. The number of anilines is 1. The molecule has 1 N–H and O–H groups in total. The fraction of sp³-hybridized carbons (Fsp3) is 0.238. The Labute approximate surface area is 184 Å². The molecule has 4 heterocycles. The minimum absolute atomic E-state index is 0.0694. The van der Waals surface area contributed by atoms with E-state index in [4.69, 9.17) is 9.47 Å². The van der Waals surface area contributed by atoms with Gasteiger partial charge in [0.2, 0.25) is 5.91 Å². The van der Waals surface area contributed by atoms with Crippen LogP contribution in [-0.2, 0) is 17.8 Å². The standard InChI is InChI=1S/C21H17F2N5O3S/c1-30-14-4-15(31-2)18(23)19(17(14)22)28-7-10-5-24-20-13(6-26-27-20)16(10)12(21(28)29)3-11-8-32-9-25-11/h4-6,8-9,12H,3,7H2,1-2H3,(H,24,26,27). The number of carbonyl (C=O) groups is 1. The second kappa shape index (κ2) is 7.83. The lowest BCUT2D eigenvalue weighted by atomic mass is 9.85. The van der Waals surface area contributed by atoms with E-state index in [-0.39, 0.29) is 24.5 Å². The van der Waals surface area contributed by atoms with Crippen LogP contribution in [0, 0.1) is 11.6 Å². The zero-order valence-corrected chi connectivity index (χ0v) is 17.9. The van der Waals surface area contributed by atoms with Crippen LogP contribution in [0.1, 0.15) is 22.7 Å². The number of methoxy groups -OCH3 is 2. The molecule has 0 saturated heterocycles. The first-order chi connectivity index (χ1) is 15.5. The number of aromatic nitrogens is 4. The maximum Gasteiger partial charge on any atom is 0.235 e. The Hall–Kier alpha value is -3.60. The average molecular weight is 457 g/mol. The predicted molar refractivity (Wildman–Crippen MR) is 113 cm³/mol. The smallest absolute Gasteiger partial charge is 0.235 e. The molecule has 164 valence electrons. The number of fused-ring (bicyclic) bond motifs is 3. The van der Waals surface area contributed by atoms with E-state index in [0.29, 0.717) is 22.3 Å². The lowest BCUT2D eigenvalue weighted by Gasteiger charge is -2.34. The number of hydrogen-bond donors (Lipinski definition) is 1. The van der Waals surface area contributed by atoms with Crippen molar-refractivity contribution in [3.05, 3.63) is 57.8 Å². The molecular weight excluding hydrogens is 440 g/mol. The molecule has 0 fully saturated rings. The van der Waals surface area contributed by atoms with Gasteiger partial charge in [-0.2, -0.15) is 5.10 Å². The Bertz CT molecular complexity index is 1300. The van der Waals surface area contributed by atoms with Gasteiger partial charge in [0.15, 0.2) is 28.8 Å². The molecular formula is C21H17F2N5O3S. The van der Waals surface area contributed by atoms with Crippen LogP contribution < -0.4 is 14.4 Å². The monoisotopic (exact) mass is 457 g/mol. The van der Waals surface area contributed by atoms with Crippen molar-refractivity contribution in [2.75, 3.05) is 19.1 Å². The molecule has 32 heavy (non-hydrogen) atoms. The Kier molecular flexibility index (Phi) is 4.97. The highest BCUT2D eigenvalue weighted by molar-refractivity contribution is 7.07. The molecule has 0 aliphatic carbocycles. The topological polar surface area (TPSA) is 93.2 Å². The first-order valence-electron chi connectivity index (χ1n) is 9.62. The highest BCUT2D eigenvalue weighted by Crippen LogP contribution is 2.43. The van der Waals surface area contributed by atoms with Gasteiger partial charge in [-0.05, 0) is 11.1 Å². The fourth-order valence-corrected chi connectivity index (χ4v) is 4.66. The number of amides is 1. The van der Waals surface area contributed by atoms with E-state index in [1.54, 1.807) is 17.9 Å². The number of nitrogens with one attached hydrogen (secondary N) is 1. The Balaban J connectivity index is 1.71. The molecule has 11 heteroatoms. The van der Waals surface area contributed by atoms with Crippen molar-refractivity contribution >= 4 is 34.0 Å². The minimum atomic E-state index is -0.979. The Morgan fingerprint density at radius 3 is 2.59 bits per heavy atom. The van der Waals surface area contributed by atoms with Crippen molar-refractivity contribution in [3.63, 3.8) is 0 Å². The summed E-state index contributed by atoms with van der Waals surface area (Å²) in [7, 11) is 2.52. The minimum Gasteiger partial charge on any atom is -0.493 e. The van der Waals surface area contributed by atoms with Gasteiger partial charge in [-0.15, -0.1) is 11.3 Å². The van der Waals surface area contributed by atoms with Gasteiger partial charge in [0, 0.05) is 29.5 Å². The second-order valence-electron chi connectivity index (χ2n) is 7.25. The van der Waals surface area contributed by atoms with E-state index in [9.17, 15) is 4.79 Å². The first-order valence-corrected chi connectivity index (χ1v) is 10.6. The zero-order valence-electron chi connectivity index (χ0n) is 17.1. The van der Waals surface area contributed by atoms with Gasteiger partial charge in [0.1, 0.15) is 5.69 Å². The van der Waals surface area contributed by atoms with Crippen molar-refractivity contribution in [1.82, 2.24) is 20.2 Å². The molecule has 1 aromatic carbocycles. The summed E-state index contributed by atoms with van der Waals surface area (Å²) < 4.78 is 40.6. The zero-order chi connectivity index (χ0) is 22.4. The first kappa shape index (κ1) is 20.3. The summed E-state index contributed by atoms with van der Waals surface area (Å²) in [5.41, 5.74) is 3.79. The molecule has 1 amide bonds. The number of H-pyrrole nitrogens is 1. The fourth-order valence-electron chi connectivity index (χ4n) is 4.09. The lowest BCUT2D eigenvalue weighted by molar-refractivity contribution is -0.120. The van der Waals surface area contributed by atoms with E-state index in [1.807, 2.05) is 5.38 Å². The van der Waals surface area contributed by atoms with Crippen LogP contribution in [0.5, 0.6) is 11.5 Å². The van der Waals surface area contributed by atoms with Crippen molar-refractivity contribution in [1.29, 1.82) is 0 Å². The number of nitrogens with zero attached hydrogens (tertiary/aromatic N) is 4. The third-order valence-corrected chi connectivity index (χ3v) is 6.20. The predicted octanol–water partition coefficient (Wildman–Crippen LogP) is 3.58. The molecule has 3 aromatic heterocycles. The highest BCUT2D eigenvalue weighted by atomic mass is 32.1. The van der Waals surface area contributed by atoms with E-state index in [1.165, 1.54) is 25.6 Å². The van der Waals surface area contributed by atoms with Crippen molar-refractivity contribution in [3.8, 4) is 11.5 Å². The molecule has 0 saturated carbocycles. The quantitative estimate of drug-likeness (QED) is 0.492. The number of aromatic amines is 1. The number of rotatable bonds is 5. The number of pyridine rings is 1. The molecule has 0 bridgehead atoms. The lowest BCUT2D eigenvalue weighted by Crippen LogP contribution is -2.41. The van der Waals surface area contributed by atoms with Crippen LogP contribution in [0.25, 0.3) is 11.0 Å². The van der Waals surface area contributed by atoms with Crippen molar-refractivity contribution < 1.29 is 23.0 Å². The van der Waals surface area contributed by atoms with Crippen LogP contribution in [0.3, 0.4) is 0 Å². The Morgan fingerprint density at radius 2 is 1.94 bits per heavy atom. The molecule has 0 spiro atoms. The van der Waals surface area contributed by atoms with E-state index in [2.05, 4.69) is 20.2 Å². The molecule has 5 rings (SSSR count). The van der Waals surface area contributed by atoms with Crippen LogP contribution in [0.4, 0.5) is 14.5 Å². The van der Waals surface area contributed by atoms with E-state index in [0.717, 1.165) is 16.5 Å². The molecule has 1 unspecified atom stereocenters. The van der Waals surface area contributed by atoms with Crippen LogP contribution in [0.15, 0.2) is 29.4 Å². The summed E-state index contributed by atoms with van der Waals surface area (Å²) >= 11 is 1.41. The molecule has 1 aliphatic rings. The third-order valence-electron chi connectivity index (χ3n) is 5.56. The molecule has 8 nitrogen and oxygen atoms in total. The number of thiazole rings is 1. The van der Waals surface area contributed by atoms with Gasteiger partial charge in [0.05, 0.1) is 44.1 Å². The van der Waals surface area contributed by atoms with Crippen molar-refractivity contribution in [2.24, 2.45) is 0 Å². The van der Waals surface area contributed by atoms with E-state index >= 15 is 8.78 Å². The summed E-state index contributed by atoms with van der Waals surface area (Å²) in [4.78, 5) is 23.4. The summed E-state index contributed by atoms with van der Waals surface area (Å²) in [5.74, 6) is -3.61. The summed E-state index contributed by atoms with van der Waals surface area (Å²) in [6.45, 7) is -0.0694. The van der Waals surface area contributed by atoms with Crippen molar-refractivity contribution in [2.45, 2.75) is 18.9 Å². The summed E-state index contributed by atoms with van der Waals surface area (Å²) in [6, 6.07) is 1.11. The van der Waals surface area contributed by atoms with Crippen LogP contribution in [-0.4, -0.2) is 40.3 Å². The van der Waals surface area contributed by atoms with Gasteiger partial charge in [-0.1, -0.05) is 0 Å². The number of carbonyl (C=O) groups excluding carboxylic acids is 1. The van der Waals surface area contributed by atoms with Gasteiger partial charge in [0.25, 0.3) is 0 Å².